The summed E-state index contributed by atoms with van der Waals surface area (Å²) in [6.07, 6.45) is 25.2. The van der Waals surface area contributed by atoms with Crippen LogP contribution < -0.4 is 10.6 Å². The Hall–Kier alpha value is -1.29. The Labute approximate surface area is 174 Å². The fraction of sp³-hybridized carbons (Fsp3) is 0.792. The molecular formula is C24H46N3O+. The maximum atomic E-state index is 11.5. The molecule has 1 aliphatic heterocycles. The first-order valence-corrected chi connectivity index (χ1v) is 11.8. The Bertz CT molecular complexity index is 474. The minimum absolute atomic E-state index is 0.0486. The van der Waals surface area contributed by atoms with Gasteiger partial charge in [0.05, 0.1) is 12.7 Å². The molecule has 0 bridgehead atoms. The van der Waals surface area contributed by atoms with Gasteiger partial charge in [0.2, 0.25) is 5.91 Å². The van der Waals surface area contributed by atoms with Crippen LogP contribution in [0.3, 0.4) is 0 Å². The van der Waals surface area contributed by atoms with Crippen molar-refractivity contribution in [3.8, 4) is 0 Å². The van der Waals surface area contributed by atoms with Crippen molar-refractivity contribution in [2.45, 2.75) is 117 Å². The number of unbranched alkanes of at least 4 members (excludes halogenated alkanes) is 9. The van der Waals surface area contributed by atoms with E-state index in [0.29, 0.717) is 6.17 Å². The third-order valence-electron chi connectivity index (χ3n) is 6.14. The number of nitrogens with zero attached hydrogens (tertiary/aromatic N) is 1. The molecule has 28 heavy (non-hydrogen) atoms. The lowest BCUT2D eigenvalue weighted by Crippen LogP contribution is -2.62. The van der Waals surface area contributed by atoms with E-state index in [2.05, 4.69) is 56.0 Å². The SMILES string of the molecule is CCCCCC/C=C/CCCCCCCC1NC=C[N+]1(CC)C(C)NC(C)=O. The minimum Gasteiger partial charge on any atom is -0.338 e. The van der Waals surface area contributed by atoms with Crippen LogP contribution >= 0.6 is 0 Å². The molecule has 1 rings (SSSR count). The van der Waals surface area contributed by atoms with Crippen LogP contribution in [0.2, 0.25) is 0 Å². The van der Waals surface area contributed by atoms with Crippen LogP contribution in [0.25, 0.3) is 0 Å². The van der Waals surface area contributed by atoms with E-state index < -0.39 is 0 Å². The number of carbonyl (C=O) groups is 1. The van der Waals surface area contributed by atoms with Gasteiger partial charge >= 0.3 is 0 Å². The average Bonchev–Trinajstić information content (AvgIpc) is 3.09. The summed E-state index contributed by atoms with van der Waals surface area (Å²) in [7, 11) is 0. The first kappa shape index (κ1) is 24.7. The van der Waals surface area contributed by atoms with Crippen molar-refractivity contribution < 1.29 is 9.28 Å². The minimum atomic E-state index is 0.0486. The molecule has 4 heteroatoms. The monoisotopic (exact) mass is 392 g/mol. The largest absolute Gasteiger partial charge is 0.338 e. The lowest BCUT2D eigenvalue weighted by atomic mass is 10.1. The van der Waals surface area contributed by atoms with Crippen LogP contribution in [0.15, 0.2) is 24.6 Å². The Morgan fingerprint density at radius 1 is 1.04 bits per heavy atom. The van der Waals surface area contributed by atoms with E-state index in [-0.39, 0.29) is 12.1 Å². The van der Waals surface area contributed by atoms with Gasteiger partial charge in [-0.15, -0.1) is 0 Å². The number of allylic oxidation sites excluding steroid dienone is 2. The summed E-state index contributed by atoms with van der Waals surface area (Å²) in [5.74, 6) is 0.0486. The van der Waals surface area contributed by atoms with Crippen molar-refractivity contribution in [1.82, 2.24) is 10.6 Å². The number of rotatable bonds is 16. The smallest absolute Gasteiger partial charge is 0.221 e. The highest BCUT2D eigenvalue weighted by Crippen LogP contribution is 2.26. The predicted molar refractivity (Wildman–Crippen MR) is 120 cm³/mol. The maximum absolute atomic E-state index is 11.5. The van der Waals surface area contributed by atoms with Crippen molar-refractivity contribution >= 4 is 5.91 Å². The van der Waals surface area contributed by atoms with E-state index in [9.17, 15) is 4.79 Å². The second-order valence-corrected chi connectivity index (χ2v) is 8.35. The van der Waals surface area contributed by atoms with Crippen molar-refractivity contribution in [2.24, 2.45) is 0 Å². The number of hydrogen-bond acceptors (Lipinski definition) is 2. The fourth-order valence-electron chi connectivity index (χ4n) is 4.33. The highest BCUT2D eigenvalue weighted by atomic mass is 16.1. The predicted octanol–water partition coefficient (Wildman–Crippen LogP) is 5.96. The summed E-state index contributed by atoms with van der Waals surface area (Å²) in [6.45, 7) is 9.18. The zero-order valence-corrected chi connectivity index (χ0v) is 19.0. The lowest BCUT2D eigenvalue weighted by Gasteiger charge is -2.41. The molecule has 0 aromatic rings. The summed E-state index contributed by atoms with van der Waals surface area (Å²) in [5, 5.41) is 6.62. The Kier molecular flexibility index (Phi) is 13.0. The Morgan fingerprint density at radius 3 is 2.25 bits per heavy atom. The summed E-state index contributed by atoms with van der Waals surface area (Å²) in [5.41, 5.74) is 0. The number of quaternary nitrogens is 1. The molecule has 0 saturated carbocycles. The van der Waals surface area contributed by atoms with Crippen LogP contribution in [-0.2, 0) is 4.79 Å². The third-order valence-corrected chi connectivity index (χ3v) is 6.14. The zero-order chi connectivity index (χ0) is 20.7. The molecule has 4 nitrogen and oxygen atoms in total. The van der Waals surface area contributed by atoms with Gasteiger partial charge in [-0.25, -0.2) is 0 Å². The average molecular weight is 393 g/mol. The molecule has 3 unspecified atom stereocenters. The standard InChI is InChI=1S/C24H45N3O/c1-5-7-8-9-10-11-12-13-14-15-16-17-18-19-24-25-20-21-27(24,6-2)22(3)26-23(4)28/h11-12,20-22,24-25H,5-10,13-19H2,1-4H3/p+1/b12-11+. The summed E-state index contributed by atoms with van der Waals surface area (Å²) in [4.78, 5) is 11.5. The van der Waals surface area contributed by atoms with Gasteiger partial charge in [0.1, 0.15) is 6.20 Å². The molecule has 2 N–H and O–H groups in total. The fourth-order valence-corrected chi connectivity index (χ4v) is 4.33. The number of amides is 1. The van der Waals surface area contributed by atoms with E-state index in [1.165, 1.54) is 70.6 Å². The molecule has 162 valence electrons. The first-order chi connectivity index (χ1) is 13.6. The summed E-state index contributed by atoms with van der Waals surface area (Å²) in [6, 6.07) is 0. The van der Waals surface area contributed by atoms with Crippen molar-refractivity contribution in [2.75, 3.05) is 6.54 Å². The van der Waals surface area contributed by atoms with E-state index in [0.717, 1.165) is 17.4 Å². The highest BCUT2D eigenvalue weighted by Gasteiger charge is 2.41. The molecule has 0 aliphatic carbocycles. The Balaban J connectivity index is 2.13. The molecule has 0 radical (unpaired) electrons. The van der Waals surface area contributed by atoms with Crippen molar-refractivity contribution in [3.05, 3.63) is 24.6 Å². The van der Waals surface area contributed by atoms with Crippen LogP contribution in [0.4, 0.5) is 0 Å². The van der Waals surface area contributed by atoms with Gasteiger partial charge < -0.3 is 10.6 Å². The Morgan fingerprint density at radius 2 is 1.64 bits per heavy atom. The molecule has 1 heterocycles. The number of nitrogens with one attached hydrogen (secondary N) is 2. The maximum Gasteiger partial charge on any atom is 0.221 e. The van der Waals surface area contributed by atoms with Gasteiger partial charge in [0, 0.05) is 20.3 Å². The number of hydrogen-bond donors (Lipinski definition) is 2. The van der Waals surface area contributed by atoms with Gasteiger partial charge in [-0.2, -0.15) is 0 Å². The molecule has 3 atom stereocenters. The van der Waals surface area contributed by atoms with E-state index in [1.807, 2.05) is 0 Å². The van der Waals surface area contributed by atoms with E-state index >= 15 is 0 Å². The quantitative estimate of drug-likeness (QED) is 0.193. The second kappa shape index (κ2) is 14.7. The number of carbonyl (C=O) groups excluding carboxylic acids is 1. The van der Waals surface area contributed by atoms with E-state index in [1.54, 1.807) is 6.92 Å². The second-order valence-electron chi connectivity index (χ2n) is 8.35. The molecular weight excluding hydrogens is 346 g/mol. The molecule has 0 fully saturated rings. The third kappa shape index (κ3) is 8.81. The highest BCUT2D eigenvalue weighted by molar-refractivity contribution is 5.72. The molecule has 0 aromatic heterocycles. The first-order valence-electron chi connectivity index (χ1n) is 11.8. The lowest BCUT2D eigenvalue weighted by molar-refractivity contribution is -0.923. The van der Waals surface area contributed by atoms with Crippen molar-refractivity contribution in [3.63, 3.8) is 0 Å². The molecule has 0 spiro atoms. The van der Waals surface area contributed by atoms with Gasteiger partial charge in [-0.05, 0) is 39.0 Å². The summed E-state index contributed by atoms with van der Waals surface area (Å²) >= 11 is 0. The molecule has 1 aliphatic rings. The van der Waals surface area contributed by atoms with Crippen LogP contribution in [0.5, 0.6) is 0 Å². The van der Waals surface area contributed by atoms with Gasteiger partial charge in [0.25, 0.3) is 0 Å². The summed E-state index contributed by atoms with van der Waals surface area (Å²) < 4.78 is 0.808. The zero-order valence-electron chi connectivity index (χ0n) is 19.0. The van der Waals surface area contributed by atoms with E-state index in [4.69, 9.17) is 0 Å². The molecule has 1 amide bonds. The van der Waals surface area contributed by atoms with Gasteiger partial charge in [-0.1, -0.05) is 57.6 Å². The topological polar surface area (TPSA) is 41.1 Å². The van der Waals surface area contributed by atoms with Crippen LogP contribution in [0.1, 0.15) is 105 Å². The van der Waals surface area contributed by atoms with Crippen LogP contribution in [-0.4, -0.2) is 29.3 Å². The van der Waals surface area contributed by atoms with Crippen molar-refractivity contribution in [1.29, 1.82) is 0 Å². The van der Waals surface area contributed by atoms with Crippen LogP contribution in [0, 0.1) is 0 Å². The van der Waals surface area contributed by atoms with Gasteiger partial charge in [-0.3, -0.25) is 9.28 Å². The molecule has 0 saturated heterocycles. The normalized spacial score (nSPS) is 22.5. The van der Waals surface area contributed by atoms with Gasteiger partial charge in [0.15, 0.2) is 12.3 Å². The molecule has 0 aromatic carbocycles.